The van der Waals surface area contributed by atoms with Crippen LogP contribution in [0.25, 0.3) is 0 Å². The zero-order valence-corrected chi connectivity index (χ0v) is 15.9. The second-order valence-corrected chi connectivity index (χ2v) is 7.32. The molecule has 1 amide bonds. The Labute approximate surface area is 167 Å². The van der Waals surface area contributed by atoms with Crippen LogP contribution in [0.4, 0.5) is 13.2 Å². The van der Waals surface area contributed by atoms with Gasteiger partial charge in [0.2, 0.25) is 0 Å². The average Bonchev–Trinajstić information content (AvgIpc) is 2.73. The summed E-state index contributed by atoms with van der Waals surface area (Å²) in [5, 5.41) is 11.6. The molecule has 0 saturated carbocycles. The lowest BCUT2D eigenvalue weighted by Gasteiger charge is -2.32. The Hall–Kier alpha value is -2.85. The van der Waals surface area contributed by atoms with Crippen molar-refractivity contribution in [3.8, 4) is 6.07 Å². The van der Waals surface area contributed by atoms with Gasteiger partial charge in [-0.25, -0.2) is 0 Å². The molecule has 1 saturated heterocycles. The van der Waals surface area contributed by atoms with Crippen LogP contribution in [-0.2, 0) is 12.7 Å². The Morgan fingerprint density at radius 3 is 2.45 bits per heavy atom. The summed E-state index contributed by atoms with van der Waals surface area (Å²) in [5.74, 6) is -0.168. The number of amides is 1. The van der Waals surface area contributed by atoms with Gasteiger partial charge in [-0.15, -0.1) is 0 Å². The average molecular weight is 401 g/mol. The zero-order valence-electron chi connectivity index (χ0n) is 15.9. The highest BCUT2D eigenvalue weighted by Crippen LogP contribution is 2.29. The molecule has 152 valence electrons. The number of hydrogen-bond donors (Lipinski definition) is 1. The van der Waals surface area contributed by atoms with Gasteiger partial charge in [-0.2, -0.15) is 18.4 Å². The van der Waals surface area contributed by atoms with Crippen LogP contribution in [0.5, 0.6) is 0 Å². The molecule has 1 heterocycles. The van der Waals surface area contributed by atoms with Crippen LogP contribution in [0.1, 0.15) is 39.9 Å². The number of rotatable bonds is 5. The number of carbonyl (C=O) groups excluding carboxylic acids is 1. The maximum atomic E-state index is 12.8. The Bertz CT molecular complexity index is 879. The van der Waals surface area contributed by atoms with Crippen LogP contribution in [-0.4, -0.2) is 30.4 Å². The summed E-state index contributed by atoms with van der Waals surface area (Å²) < 4.78 is 38.4. The van der Waals surface area contributed by atoms with Crippen molar-refractivity contribution in [3.05, 3.63) is 70.8 Å². The van der Waals surface area contributed by atoms with Crippen molar-refractivity contribution < 1.29 is 18.0 Å². The topological polar surface area (TPSA) is 56.1 Å². The van der Waals surface area contributed by atoms with Gasteiger partial charge in [0, 0.05) is 18.7 Å². The van der Waals surface area contributed by atoms with Crippen LogP contribution in [0.3, 0.4) is 0 Å². The van der Waals surface area contributed by atoms with Gasteiger partial charge in [-0.05, 0) is 67.7 Å². The molecule has 0 aromatic heterocycles. The molecule has 0 atom stereocenters. The maximum Gasteiger partial charge on any atom is 0.416 e. The standard InChI is InChI=1S/C22H22F3N3O/c23-22(24,25)20-3-1-2-19(12-20)21(29)27-14-17-8-10-28(11-9-17)15-18-6-4-16(13-26)5-7-18/h1-7,12,17H,8-11,14-15H2,(H,27,29). The Kier molecular flexibility index (Phi) is 6.55. The van der Waals surface area contributed by atoms with E-state index in [0.29, 0.717) is 18.0 Å². The van der Waals surface area contributed by atoms with Crippen molar-refractivity contribution in [3.63, 3.8) is 0 Å². The first-order chi connectivity index (χ1) is 13.8. The molecule has 1 aliphatic heterocycles. The smallest absolute Gasteiger partial charge is 0.352 e. The molecule has 7 heteroatoms. The van der Waals surface area contributed by atoms with E-state index >= 15 is 0 Å². The zero-order chi connectivity index (χ0) is 20.9. The lowest BCUT2D eigenvalue weighted by molar-refractivity contribution is -0.137. The molecule has 0 radical (unpaired) electrons. The molecule has 0 aliphatic carbocycles. The lowest BCUT2D eigenvalue weighted by atomic mass is 9.96. The van der Waals surface area contributed by atoms with Crippen molar-refractivity contribution >= 4 is 5.91 Å². The molecule has 3 rings (SSSR count). The summed E-state index contributed by atoms with van der Waals surface area (Å²) in [5.41, 5.74) is 1.00. The van der Waals surface area contributed by atoms with E-state index in [2.05, 4.69) is 16.3 Å². The van der Waals surface area contributed by atoms with E-state index < -0.39 is 17.6 Å². The fourth-order valence-electron chi connectivity index (χ4n) is 3.47. The molecule has 1 aliphatic rings. The maximum absolute atomic E-state index is 12.8. The van der Waals surface area contributed by atoms with Crippen molar-refractivity contribution in [2.75, 3.05) is 19.6 Å². The van der Waals surface area contributed by atoms with Crippen molar-refractivity contribution in [1.82, 2.24) is 10.2 Å². The predicted octanol–water partition coefficient (Wildman–Crippen LogP) is 4.22. The predicted molar refractivity (Wildman–Crippen MR) is 103 cm³/mol. The normalized spacial score (nSPS) is 15.7. The van der Waals surface area contributed by atoms with Crippen LogP contribution in [0.2, 0.25) is 0 Å². The third-order valence-corrected chi connectivity index (χ3v) is 5.20. The first kappa shape index (κ1) is 20.9. The number of halogens is 3. The molecular weight excluding hydrogens is 379 g/mol. The van der Waals surface area contributed by atoms with E-state index in [1.165, 1.54) is 12.1 Å². The van der Waals surface area contributed by atoms with E-state index in [4.69, 9.17) is 5.26 Å². The van der Waals surface area contributed by atoms with Gasteiger partial charge in [0.1, 0.15) is 0 Å². The number of hydrogen-bond acceptors (Lipinski definition) is 3. The van der Waals surface area contributed by atoms with E-state index in [9.17, 15) is 18.0 Å². The van der Waals surface area contributed by atoms with Crippen molar-refractivity contribution in [2.24, 2.45) is 5.92 Å². The summed E-state index contributed by atoms with van der Waals surface area (Å²) >= 11 is 0. The number of likely N-dealkylation sites (tertiary alicyclic amines) is 1. The summed E-state index contributed by atoms with van der Waals surface area (Å²) in [7, 11) is 0. The van der Waals surface area contributed by atoms with E-state index in [0.717, 1.165) is 50.2 Å². The molecular formula is C22H22F3N3O. The van der Waals surface area contributed by atoms with Crippen LogP contribution < -0.4 is 5.32 Å². The van der Waals surface area contributed by atoms with Crippen LogP contribution >= 0.6 is 0 Å². The third-order valence-electron chi connectivity index (χ3n) is 5.20. The SMILES string of the molecule is N#Cc1ccc(CN2CCC(CNC(=O)c3cccc(C(F)(F)F)c3)CC2)cc1. The number of nitriles is 1. The summed E-state index contributed by atoms with van der Waals surface area (Å²) in [4.78, 5) is 14.5. The molecule has 1 fully saturated rings. The van der Waals surface area contributed by atoms with Gasteiger partial charge in [-0.1, -0.05) is 18.2 Å². The van der Waals surface area contributed by atoms with E-state index in [1.54, 1.807) is 0 Å². The van der Waals surface area contributed by atoms with Gasteiger partial charge in [-0.3, -0.25) is 9.69 Å². The highest BCUT2D eigenvalue weighted by Gasteiger charge is 2.31. The van der Waals surface area contributed by atoms with Gasteiger partial charge in [0.05, 0.1) is 17.2 Å². The molecule has 2 aromatic carbocycles. The second kappa shape index (κ2) is 9.10. The first-order valence-corrected chi connectivity index (χ1v) is 9.52. The lowest BCUT2D eigenvalue weighted by Crippen LogP contribution is -2.38. The monoisotopic (exact) mass is 401 g/mol. The number of benzene rings is 2. The van der Waals surface area contributed by atoms with Gasteiger partial charge < -0.3 is 5.32 Å². The van der Waals surface area contributed by atoms with Gasteiger partial charge in [0.25, 0.3) is 5.91 Å². The van der Waals surface area contributed by atoms with Crippen LogP contribution in [0, 0.1) is 17.2 Å². The molecule has 4 nitrogen and oxygen atoms in total. The second-order valence-electron chi connectivity index (χ2n) is 7.32. The van der Waals surface area contributed by atoms with Gasteiger partial charge >= 0.3 is 6.18 Å². The quantitative estimate of drug-likeness (QED) is 0.816. The molecule has 0 spiro atoms. The third kappa shape index (κ3) is 5.81. The Morgan fingerprint density at radius 1 is 1.14 bits per heavy atom. The number of nitrogens with one attached hydrogen (secondary N) is 1. The first-order valence-electron chi connectivity index (χ1n) is 9.52. The number of nitrogens with zero attached hydrogens (tertiary/aromatic N) is 2. The van der Waals surface area contributed by atoms with Crippen molar-refractivity contribution in [2.45, 2.75) is 25.6 Å². The summed E-state index contributed by atoms with van der Waals surface area (Å²) in [6.07, 6.45) is -2.63. The number of alkyl halides is 3. The molecule has 2 aromatic rings. The number of carbonyl (C=O) groups is 1. The minimum absolute atomic E-state index is 0.0260. The molecule has 1 N–H and O–H groups in total. The van der Waals surface area contributed by atoms with E-state index in [1.807, 2.05) is 24.3 Å². The molecule has 0 unspecified atom stereocenters. The molecule has 0 bridgehead atoms. The largest absolute Gasteiger partial charge is 0.416 e. The Balaban J connectivity index is 1.45. The van der Waals surface area contributed by atoms with Gasteiger partial charge in [0.15, 0.2) is 0 Å². The highest BCUT2D eigenvalue weighted by atomic mass is 19.4. The minimum Gasteiger partial charge on any atom is -0.352 e. The number of piperidine rings is 1. The highest BCUT2D eigenvalue weighted by molar-refractivity contribution is 5.94. The summed E-state index contributed by atoms with van der Waals surface area (Å²) in [6, 6.07) is 14.1. The fraction of sp³-hybridized carbons (Fsp3) is 0.364. The van der Waals surface area contributed by atoms with Crippen LogP contribution in [0.15, 0.2) is 48.5 Å². The minimum atomic E-state index is -4.46. The van der Waals surface area contributed by atoms with Crippen molar-refractivity contribution in [1.29, 1.82) is 5.26 Å². The Morgan fingerprint density at radius 2 is 1.83 bits per heavy atom. The summed E-state index contributed by atoms with van der Waals surface area (Å²) in [6.45, 7) is 3.06. The fourth-order valence-corrected chi connectivity index (χ4v) is 3.47. The molecule has 29 heavy (non-hydrogen) atoms. The van der Waals surface area contributed by atoms with E-state index in [-0.39, 0.29) is 5.56 Å².